The van der Waals surface area contributed by atoms with Gasteiger partial charge in [-0.2, -0.15) is 0 Å². The molecule has 0 fully saturated rings. The summed E-state index contributed by atoms with van der Waals surface area (Å²) < 4.78 is 0. The van der Waals surface area contributed by atoms with E-state index in [-0.39, 0.29) is 12.0 Å². The Hall–Kier alpha value is -0.730. The molecule has 0 aliphatic heterocycles. The fourth-order valence-electron chi connectivity index (χ4n) is 1.68. The largest absolute Gasteiger partial charge is 0.266 e. The molecule has 0 unspecified atom stereocenters. The minimum atomic E-state index is -0.298. The van der Waals surface area contributed by atoms with Crippen molar-refractivity contribution in [1.29, 1.82) is 0 Å². The van der Waals surface area contributed by atoms with Gasteiger partial charge in [-0.1, -0.05) is 23.2 Å². The van der Waals surface area contributed by atoms with Crippen molar-refractivity contribution in [2.45, 2.75) is 13.3 Å². The van der Waals surface area contributed by atoms with Crippen LogP contribution < -0.4 is 0 Å². The van der Waals surface area contributed by atoms with Gasteiger partial charge in [-0.3, -0.25) is 15.3 Å². The standard InChI is InChI=1S/C12H12Cl2N2O3S/c1-7-11(2-3-19-16(17)18)20-12(15-7)8-4-9(13)6-10(14)5-8/h4-6,17-18H,2-3H2,1H3. The molecule has 1 aromatic heterocycles. The summed E-state index contributed by atoms with van der Waals surface area (Å²) >= 11 is 13.4. The van der Waals surface area contributed by atoms with Crippen molar-refractivity contribution in [3.05, 3.63) is 38.8 Å². The normalized spacial score (nSPS) is 11.3. The number of benzene rings is 1. The molecule has 0 saturated carbocycles. The van der Waals surface area contributed by atoms with Gasteiger partial charge in [-0.25, -0.2) is 4.98 Å². The van der Waals surface area contributed by atoms with Crippen LogP contribution in [-0.2, 0) is 11.3 Å². The molecule has 20 heavy (non-hydrogen) atoms. The number of aryl methyl sites for hydroxylation is 1. The van der Waals surface area contributed by atoms with Gasteiger partial charge in [0.1, 0.15) is 5.01 Å². The zero-order valence-corrected chi connectivity index (χ0v) is 12.8. The first-order chi connectivity index (χ1) is 9.45. The summed E-state index contributed by atoms with van der Waals surface area (Å²) in [7, 11) is 0. The zero-order chi connectivity index (χ0) is 14.7. The van der Waals surface area contributed by atoms with E-state index in [1.807, 2.05) is 6.92 Å². The molecule has 8 heteroatoms. The van der Waals surface area contributed by atoms with E-state index in [9.17, 15) is 0 Å². The van der Waals surface area contributed by atoms with E-state index in [0.717, 1.165) is 21.1 Å². The predicted octanol–water partition coefficient (Wildman–Crippen LogP) is 3.98. The van der Waals surface area contributed by atoms with Crippen LogP contribution in [0.1, 0.15) is 10.6 Å². The highest BCUT2D eigenvalue weighted by Crippen LogP contribution is 2.32. The molecule has 5 nitrogen and oxygen atoms in total. The second-order valence-corrected chi connectivity index (χ2v) is 5.98. The molecular weight excluding hydrogens is 323 g/mol. The number of hydrogen-bond acceptors (Lipinski definition) is 6. The van der Waals surface area contributed by atoms with Crippen molar-refractivity contribution in [3.63, 3.8) is 0 Å². The highest BCUT2D eigenvalue weighted by atomic mass is 35.5. The van der Waals surface area contributed by atoms with E-state index < -0.39 is 0 Å². The fraction of sp³-hybridized carbons (Fsp3) is 0.250. The Kier molecular flexibility index (Phi) is 5.34. The van der Waals surface area contributed by atoms with Crippen LogP contribution in [0.3, 0.4) is 0 Å². The van der Waals surface area contributed by atoms with Crippen molar-refractivity contribution < 1.29 is 15.3 Å². The maximum absolute atomic E-state index is 8.47. The predicted molar refractivity (Wildman–Crippen MR) is 77.4 cm³/mol. The minimum absolute atomic E-state index is 0.145. The van der Waals surface area contributed by atoms with Gasteiger partial charge < -0.3 is 0 Å². The Labute approximate surface area is 129 Å². The number of thiazole rings is 1. The number of aromatic nitrogens is 1. The molecule has 1 aromatic carbocycles. The van der Waals surface area contributed by atoms with Gasteiger partial charge in [-0.15, -0.1) is 11.3 Å². The first-order valence-corrected chi connectivity index (χ1v) is 7.26. The minimum Gasteiger partial charge on any atom is -0.266 e. The van der Waals surface area contributed by atoms with Crippen molar-refractivity contribution in [2.75, 3.05) is 6.61 Å². The lowest BCUT2D eigenvalue weighted by molar-refractivity contribution is -0.492. The molecule has 2 rings (SSSR count). The van der Waals surface area contributed by atoms with Gasteiger partial charge in [0.25, 0.3) is 0 Å². The Balaban J connectivity index is 2.17. The Morgan fingerprint density at radius 2 is 1.90 bits per heavy atom. The number of hydrogen-bond donors (Lipinski definition) is 2. The third kappa shape index (κ3) is 4.13. The number of halogens is 2. The van der Waals surface area contributed by atoms with E-state index in [2.05, 4.69) is 9.82 Å². The Morgan fingerprint density at radius 3 is 2.50 bits per heavy atom. The Bertz CT molecular complexity index is 584. The lowest BCUT2D eigenvalue weighted by Crippen LogP contribution is -2.16. The smallest absolute Gasteiger partial charge is 0.123 e. The summed E-state index contributed by atoms with van der Waals surface area (Å²) in [5.41, 5.74) is 1.72. The molecule has 0 aliphatic carbocycles. The first-order valence-electron chi connectivity index (χ1n) is 5.69. The summed E-state index contributed by atoms with van der Waals surface area (Å²) in [4.78, 5) is 10.0. The molecule has 0 saturated heterocycles. The van der Waals surface area contributed by atoms with Crippen molar-refractivity contribution in [3.8, 4) is 10.6 Å². The summed E-state index contributed by atoms with van der Waals surface area (Å²) in [5, 5.41) is 18.6. The Morgan fingerprint density at radius 1 is 1.25 bits per heavy atom. The molecule has 2 aromatic rings. The quantitative estimate of drug-likeness (QED) is 0.809. The molecule has 0 aliphatic rings. The van der Waals surface area contributed by atoms with Crippen molar-refractivity contribution >= 4 is 34.5 Å². The molecule has 0 spiro atoms. The van der Waals surface area contributed by atoms with Gasteiger partial charge in [-0.05, 0) is 25.1 Å². The summed E-state index contributed by atoms with van der Waals surface area (Å²) in [5.74, 6) is 0. The lowest BCUT2D eigenvalue weighted by Gasteiger charge is -2.04. The molecule has 2 N–H and O–H groups in total. The highest BCUT2D eigenvalue weighted by molar-refractivity contribution is 7.15. The third-order valence-corrected chi connectivity index (χ3v) is 4.24. The lowest BCUT2D eigenvalue weighted by atomic mass is 10.2. The SMILES string of the molecule is Cc1nc(-c2cc(Cl)cc(Cl)c2)sc1CCON(O)O. The van der Waals surface area contributed by atoms with Crippen LogP contribution >= 0.6 is 34.5 Å². The fourth-order valence-corrected chi connectivity index (χ4v) is 3.24. The molecule has 0 atom stereocenters. The second kappa shape index (κ2) is 6.82. The maximum atomic E-state index is 8.47. The average Bonchev–Trinajstić information content (AvgIpc) is 2.69. The van der Waals surface area contributed by atoms with Crippen molar-refractivity contribution in [2.24, 2.45) is 0 Å². The van der Waals surface area contributed by atoms with Gasteiger partial charge in [0, 0.05) is 26.9 Å². The van der Waals surface area contributed by atoms with Crippen LogP contribution in [0.2, 0.25) is 10.0 Å². The van der Waals surface area contributed by atoms with Crippen LogP contribution in [0.15, 0.2) is 18.2 Å². The van der Waals surface area contributed by atoms with Gasteiger partial charge in [0.2, 0.25) is 0 Å². The molecule has 0 amide bonds. The topological polar surface area (TPSA) is 65.8 Å². The van der Waals surface area contributed by atoms with Crippen LogP contribution in [0.4, 0.5) is 0 Å². The number of rotatable bonds is 5. The molecule has 0 bridgehead atoms. The summed E-state index contributed by atoms with van der Waals surface area (Å²) in [6.45, 7) is 2.03. The zero-order valence-electron chi connectivity index (χ0n) is 10.5. The van der Waals surface area contributed by atoms with Crippen LogP contribution in [0, 0.1) is 6.92 Å². The summed E-state index contributed by atoms with van der Waals surface area (Å²) in [6, 6.07) is 5.27. The monoisotopic (exact) mass is 334 g/mol. The average molecular weight is 335 g/mol. The molecule has 0 radical (unpaired) electrons. The van der Waals surface area contributed by atoms with E-state index in [0.29, 0.717) is 16.5 Å². The van der Waals surface area contributed by atoms with E-state index in [4.69, 9.17) is 33.6 Å². The van der Waals surface area contributed by atoms with E-state index in [1.165, 1.54) is 11.3 Å². The molecule has 1 heterocycles. The maximum Gasteiger partial charge on any atom is 0.123 e. The second-order valence-electron chi connectivity index (χ2n) is 4.02. The van der Waals surface area contributed by atoms with Crippen molar-refractivity contribution in [1.82, 2.24) is 10.4 Å². The van der Waals surface area contributed by atoms with Crippen LogP contribution in [0.5, 0.6) is 0 Å². The highest BCUT2D eigenvalue weighted by Gasteiger charge is 2.11. The molecular formula is C12H12Cl2N2O3S. The van der Waals surface area contributed by atoms with Gasteiger partial charge >= 0.3 is 0 Å². The van der Waals surface area contributed by atoms with Crippen LogP contribution in [0.25, 0.3) is 10.6 Å². The van der Waals surface area contributed by atoms with Crippen LogP contribution in [-0.4, -0.2) is 27.4 Å². The third-order valence-electron chi connectivity index (χ3n) is 2.54. The van der Waals surface area contributed by atoms with Gasteiger partial charge in [0.05, 0.1) is 17.7 Å². The summed E-state index contributed by atoms with van der Waals surface area (Å²) in [6.07, 6.45) is 0.523. The first kappa shape index (κ1) is 15.7. The van der Waals surface area contributed by atoms with E-state index >= 15 is 0 Å². The molecule has 108 valence electrons. The number of nitrogens with zero attached hydrogens (tertiary/aromatic N) is 2. The van der Waals surface area contributed by atoms with Gasteiger partial charge in [0.15, 0.2) is 0 Å². The van der Waals surface area contributed by atoms with E-state index in [1.54, 1.807) is 18.2 Å².